The summed E-state index contributed by atoms with van der Waals surface area (Å²) in [5, 5.41) is 2.69. The van der Waals surface area contributed by atoms with Gasteiger partial charge in [-0.2, -0.15) is 0 Å². The van der Waals surface area contributed by atoms with E-state index in [0.29, 0.717) is 0 Å². The van der Waals surface area contributed by atoms with Crippen molar-refractivity contribution in [3.63, 3.8) is 0 Å². The van der Waals surface area contributed by atoms with Gasteiger partial charge in [0.25, 0.3) is 0 Å². The molecule has 0 aromatic heterocycles. The van der Waals surface area contributed by atoms with Gasteiger partial charge in [0.2, 0.25) is 0 Å². The average Bonchev–Trinajstić information content (AvgIpc) is 2.84. The van der Waals surface area contributed by atoms with Gasteiger partial charge < -0.3 is 14.8 Å². The van der Waals surface area contributed by atoms with E-state index in [2.05, 4.69) is 41.7 Å². The summed E-state index contributed by atoms with van der Waals surface area (Å²) in [6, 6.07) is 29.6. The van der Waals surface area contributed by atoms with Crippen LogP contribution in [0.3, 0.4) is 0 Å². The molecule has 3 rings (SSSR count). The molecular weight excluding hydrogens is 446 g/mol. The smallest absolute Gasteiger partial charge is 0.408 e. The summed E-state index contributed by atoms with van der Waals surface area (Å²) in [6.45, 7) is 5.33. The fourth-order valence-electron chi connectivity index (χ4n) is 3.74. The minimum atomic E-state index is -0.889. The standard InChI is InChI=1S/C28H31NO4S/c1-27(2,3)33-26(31)29-24(25(30)32-4)20-34-28(21-14-8-5-9-15-21,22-16-10-6-11-17-22)23-18-12-7-13-19-23/h5-19,24H,20H2,1-4H3,(H,29,31)/t24-/m0/s1. The lowest BCUT2D eigenvalue weighted by Gasteiger charge is -2.36. The Labute approximate surface area is 205 Å². The molecule has 3 aromatic rings. The summed E-state index contributed by atoms with van der Waals surface area (Å²) < 4.78 is 9.77. The summed E-state index contributed by atoms with van der Waals surface area (Å²) in [5.74, 6) is -0.258. The van der Waals surface area contributed by atoms with Crippen LogP contribution in [0.2, 0.25) is 0 Å². The van der Waals surface area contributed by atoms with Gasteiger partial charge in [-0.25, -0.2) is 9.59 Å². The van der Waals surface area contributed by atoms with Crippen LogP contribution in [0.25, 0.3) is 0 Å². The largest absolute Gasteiger partial charge is 0.467 e. The van der Waals surface area contributed by atoms with Crippen LogP contribution in [0.4, 0.5) is 4.79 Å². The Bertz CT molecular complexity index is 969. The topological polar surface area (TPSA) is 64.6 Å². The molecule has 0 spiro atoms. The Hall–Kier alpha value is -3.25. The van der Waals surface area contributed by atoms with Gasteiger partial charge in [-0.1, -0.05) is 91.0 Å². The summed E-state index contributed by atoms with van der Waals surface area (Å²) in [7, 11) is 1.32. The molecule has 178 valence electrons. The van der Waals surface area contributed by atoms with Crippen LogP contribution >= 0.6 is 11.8 Å². The van der Waals surface area contributed by atoms with Crippen molar-refractivity contribution < 1.29 is 19.1 Å². The Balaban J connectivity index is 2.04. The zero-order valence-electron chi connectivity index (χ0n) is 20.0. The third-order valence-electron chi connectivity index (χ3n) is 5.18. The minimum Gasteiger partial charge on any atom is -0.467 e. The lowest BCUT2D eigenvalue weighted by Crippen LogP contribution is -2.46. The maximum atomic E-state index is 12.6. The van der Waals surface area contributed by atoms with Crippen molar-refractivity contribution in [1.82, 2.24) is 5.32 Å². The molecule has 1 N–H and O–H groups in total. The maximum absolute atomic E-state index is 12.6. The van der Waals surface area contributed by atoms with Crippen molar-refractivity contribution in [2.75, 3.05) is 12.9 Å². The molecule has 0 bridgehead atoms. The number of esters is 1. The highest BCUT2D eigenvalue weighted by Crippen LogP contribution is 2.48. The zero-order chi connectivity index (χ0) is 24.6. The van der Waals surface area contributed by atoms with Crippen LogP contribution < -0.4 is 5.32 Å². The van der Waals surface area contributed by atoms with Gasteiger partial charge in [0.15, 0.2) is 0 Å². The molecule has 0 fully saturated rings. The van der Waals surface area contributed by atoms with E-state index < -0.39 is 28.5 Å². The first-order chi connectivity index (χ1) is 16.3. The number of hydrogen-bond acceptors (Lipinski definition) is 5. The fourth-order valence-corrected chi connectivity index (χ4v) is 5.28. The molecule has 0 aliphatic rings. The number of ether oxygens (including phenoxy) is 2. The van der Waals surface area contributed by atoms with E-state index in [4.69, 9.17) is 9.47 Å². The van der Waals surface area contributed by atoms with Gasteiger partial charge in [-0.15, -0.1) is 11.8 Å². The van der Waals surface area contributed by atoms with Crippen molar-refractivity contribution in [2.45, 2.75) is 37.2 Å². The molecule has 3 aromatic carbocycles. The quantitative estimate of drug-likeness (QED) is 0.329. The van der Waals surface area contributed by atoms with E-state index in [1.54, 1.807) is 32.5 Å². The highest BCUT2D eigenvalue weighted by molar-refractivity contribution is 8.00. The van der Waals surface area contributed by atoms with Crippen LogP contribution in [0.5, 0.6) is 0 Å². The normalized spacial score (nSPS) is 12.5. The van der Waals surface area contributed by atoms with E-state index in [1.807, 2.05) is 54.6 Å². The highest BCUT2D eigenvalue weighted by Gasteiger charge is 2.39. The van der Waals surface area contributed by atoms with Crippen LogP contribution in [-0.2, 0) is 19.0 Å². The monoisotopic (exact) mass is 477 g/mol. The number of nitrogens with one attached hydrogen (secondary N) is 1. The van der Waals surface area contributed by atoms with Gasteiger partial charge in [-0.05, 0) is 37.5 Å². The van der Waals surface area contributed by atoms with Gasteiger partial charge in [-0.3, -0.25) is 0 Å². The average molecular weight is 478 g/mol. The second-order valence-electron chi connectivity index (χ2n) is 8.81. The Morgan fingerprint density at radius 2 is 1.21 bits per heavy atom. The Morgan fingerprint density at radius 1 is 0.794 bits per heavy atom. The van der Waals surface area contributed by atoms with Crippen LogP contribution in [0.1, 0.15) is 37.5 Å². The molecule has 6 heteroatoms. The molecule has 0 radical (unpaired) electrons. The van der Waals surface area contributed by atoms with E-state index in [1.165, 1.54) is 7.11 Å². The van der Waals surface area contributed by atoms with E-state index in [-0.39, 0.29) is 5.75 Å². The maximum Gasteiger partial charge on any atom is 0.408 e. The molecule has 0 unspecified atom stereocenters. The van der Waals surface area contributed by atoms with Crippen LogP contribution in [-0.4, -0.2) is 36.6 Å². The molecule has 0 saturated heterocycles. The highest BCUT2D eigenvalue weighted by atomic mass is 32.2. The molecule has 34 heavy (non-hydrogen) atoms. The number of methoxy groups -OCH3 is 1. The second kappa shape index (κ2) is 11.3. The van der Waals surface area contributed by atoms with Crippen LogP contribution in [0, 0.1) is 0 Å². The lowest BCUT2D eigenvalue weighted by molar-refractivity contribution is -0.142. The first-order valence-electron chi connectivity index (χ1n) is 11.1. The summed E-state index contributed by atoms with van der Waals surface area (Å²) >= 11 is 1.57. The van der Waals surface area contributed by atoms with Gasteiger partial charge in [0.1, 0.15) is 11.6 Å². The van der Waals surface area contributed by atoms with E-state index >= 15 is 0 Å². The Kier molecular flexibility index (Phi) is 8.40. The molecular formula is C28H31NO4S. The molecule has 1 atom stereocenters. The zero-order valence-corrected chi connectivity index (χ0v) is 20.8. The van der Waals surface area contributed by atoms with Crippen molar-refractivity contribution in [2.24, 2.45) is 0 Å². The van der Waals surface area contributed by atoms with Gasteiger partial charge >= 0.3 is 12.1 Å². The van der Waals surface area contributed by atoms with E-state index in [9.17, 15) is 9.59 Å². The number of benzene rings is 3. The number of alkyl carbamates (subject to hydrolysis) is 1. The minimum absolute atomic E-state index is 0.268. The lowest BCUT2D eigenvalue weighted by atomic mass is 9.84. The van der Waals surface area contributed by atoms with Crippen molar-refractivity contribution in [3.05, 3.63) is 108 Å². The Morgan fingerprint density at radius 3 is 1.56 bits per heavy atom. The molecule has 0 aliphatic heterocycles. The fraction of sp³-hybridized carbons (Fsp3) is 0.286. The predicted molar refractivity (Wildman–Crippen MR) is 137 cm³/mol. The van der Waals surface area contributed by atoms with Gasteiger partial charge in [0.05, 0.1) is 11.9 Å². The number of carbonyl (C=O) groups is 2. The summed E-state index contributed by atoms with van der Waals surface area (Å²) in [6.07, 6.45) is -0.659. The van der Waals surface area contributed by atoms with Crippen molar-refractivity contribution >= 4 is 23.8 Å². The molecule has 0 saturated carbocycles. The van der Waals surface area contributed by atoms with Gasteiger partial charge in [0, 0.05) is 5.75 Å². The first kappa shape index (κ1) is 25.4. The third kappa shape index (κ3) is 6.20. The molecule has 5 nitrogen and oxygen atoms in total. The SMILES string of the molecule is COC(=O)[C@H](CSC(c1ccccc1)(c1ccccc1)c1ccccc1)NC(=O)OC(C)(C)C. The predicted octanol–water partition coefficient (Wildman–Crippen LogP) is 5.78. The molecule has 0 aliphatic carbocycles. The van der Waals surface area contributed by atoms with Crippen molar-refractivity contribution in [3.8, 4) is 0 Å². The number of amides is 1. The second-order valence-corrected chi connectivity index (χ2v) is 10.0. The first-order valence-corrected chi connectivity index (χ1v) is 12.1. The van der Waals surface area contributed by atoms with Crippen LogP contribution in [0.15, 0.2) is 91.0 Å². The number of hydrogen-bond donors (Lipinski definition) is 1. The number of thioether (sulfide) groups is 1. The molecule has 1 amide bonds. The van der Waals surface area contributed by atoms with Crippen molar-refractivity contribution in [1.29, 1.82) is 0 Å². The summed E-state index contributed by atoms with van der Waals surface area (Å²) in [4.78, 5) is 25.1. The van der Waals surface area contributed by atoms with E-state index in [0.717, 1.165) is 16.7 Å². The summed E-state index contributed by atoms with van der Waals surface area (Å²) in [5.41, 5.74) is 2.52. The third-order valence-corrected chi connectivity index (χ3v) is 6.82. The molecule has 0 heterocycles. The number of carbonyl (C=O) groups excluding carboxylic acids is 2. The number of rotatable bonds is 8.